The number of carboxylic acid groups (broad SMARTS) is 1. The molecule has 4 rings (SSSR count). The van der Waals surface area contributed by atoms with E-state index in [-0.39, 0.29) is 29.9 Å². The van der Waals surface area contributed by atoms with E-state index in [4.69, 9.17) is 16.2 Å². The van der Waals surface area contributed by atoms with Gasteiger partial charge in [0.15, 0.2) is 0 Å². The van der Waals surface area contributed by atoms with Crippen LogP contribution in [0.15, 0.2) is 48.5 Å². The molecule has 202 valence electrons. The molecule has 13 heteroatoms. The lowest BCUT2D eigenvalue weighted by molar-refractivity contribution is -0.119. The molecule has 2 atom stereocenters. The van der Waals surface area contributed by atoms with Crippen molar-refractivity contribution in [1.82, 2.24) is 14.1 Å². The van der Waals surface area contributed by atoms with E-state index >= 15 is 0 Å². The molecule has 12 nitrogen and oxygen atoms in total. The van der Waals surface area contributed by atoms with E-state index in [9.17, 15) is 22.8 Å². The smallest absolute Gasteiger partial charge is 0.335 e. The van der Waals surface area contributed by atoms with Gasteiger partial charge < -0.3 is 21.1 Å². The highest BCUT2D eigenvalue weighted by Gasteiger charge is 2.43. The highest BCUT2D eigenvalue weighted by Crippen LogP contribution is 2.27. The quantitative estimate of drug-likeness (QED) is 0.288. The van der Waals surface area contributed by atoms with Crippen LogP contribution in [0.1, 0.15) is 32.7 Å². The Balaban J connectivity index is 1.54. The predicted octanol–water partition coefficient (Wildman–Crippen LogP) is 0.468. The van der Waals surface area contributed by atoms with Gasteiger partial charge in [-0.15, -0.1) is 0 Å². The number of carboxylic acids is 1. The van der Waals surface area contributed by atoms with Crippen LogP contribution in [0, 0.1) is 5.41 Å². The molecular weight excluding hydrogens is 512 g/mol. The Morgan fingerprint density at radius 1 is 0.947 bits per heavy atom. The fourth-order valence-corrected chi connectivity index (χ4v) is 5.66. The molecule has 0 aromatic heterocycles. The third-order valence-electron chi connectivity index (χ3n) is 6.94. The second kappa shape index (κ2) is 10.9. The second-order valence-corrected chi connectivity index (χ2v) is 11.4. The van der Waals surface area contributed by atoms with Gasteiger partial charge in [-0.3, -0.25) is 19.9 Å². The zero-order valence-corrected chi connectivity index (χ0v) is 21.6. The lowest BCUT2D eigenvalue weighted by atomic mass is 10.1. The first-order valence-electron chi connectivity index (χ1n) is 12.0. The van der Waals surface area contributed by atoms with Gasteiger partial charge in [0.25, 0.3) is 5.91 Å². The summed E-state index contributed by atoms with van der Waals surface area (Å²) < 4.78 is 25.2. The number of carbonyl (C=O) groups excluding carboxylic acids is 2. The molecule has 2 aliphatic rings. The summed E-state index contributed by atoms with van der Waals surface area (Å²) in [4.78, 5) is 41.6. The summed E-state index contributed by atoms with van der Waals surface area (Å²) in [5.41, 5.74) is 6.83. The number of anilines is 1. The van der Waals surface area contributed by atoms with Crippen LogP contribution in [0.2, 0.25) is 0 Å². The number of nitrogens with one attached hydrogen (secondary N) is 2. The molecular formula is C25H30N6O6S. The van der Waals surface area contributed by atoms with E-state index < -0.39 is 27.9 Å². The maximum atomic E-state index is 13.5. The van der Waals surface area contributed by atoms with Crippen LogP contribution >= 0.6 is 0 Å². The second-order valence-electron chi connectivity index (χ2n) is 9.42. The van der Waals surface area contributed by atoms with E-state index in [0.29, 0.717) is 49.4 Å². The van der Waals surface area contributed by atoms with Crippen LogP contribution in [0.5, 0.6) is 0 Å². The van der Waals surface area contributed by atoms with E-state index in [0.717, 1.165) is 0 Å². The van der Waals surface area contributed by atoms with Crippen LogP contribution in [0.25, 0.3) is 0 Å². The zero-order valence-electron chi connectivity index (χ0n) is 20.8. The number of aromatic carboxylic acids is 1. The highest BCUT2D eigenvalue weighted by molar-refractivity contribution is 7.88. The van der Waals surface area contributed by atoms with Crippen molar-refractivity contribution in [2.75, 3.05) is 44.3 Å². The Bertz CT molecular complexity index is 1340. The van der Waals surface area contributed by atoms with Crippen molar-refractivity contribution in [3.05, 3.63) is 65.2 Å². The first kappa shape index (κ1) is 27.2. The maximum absolute atomic E-state index is 13.5. The Morgan fingerprint density at radius 3 is 2.03 bits per heavy atom. The van der Waals surface area contributed by atoms with Crippen molar-refractivity contribution in [2.45, 2.75) is 18.5 Å². The van der Waals surface area contributed by atoms with Crippen molar-refractivity contribution in [3.63, 3.8) is 0 Å². The molecule has 2 aromatic rings. The average Bonchev–Trinajstić information content (AvgIpc) is 3.34. The lowest BCUT2D eigenvalue weighted by Crippen LogP contribution is -2.52. The van der Waals surface area contributed by atoms with E-state index in [1.807, 2.05) is 0 Å². The van der Waals surface area contributed by atoms with Crippen LogP contribution in [0.4, 0.5) is 5.69 Å². The SMILES string of the molecule is CS(=O)(=O)N1CCN([C@H]2CC(C(=O)Nc3ccc(C(=O)O)cc3)N(C(=O)c3ccc(C(=N)N)cc3)C2)CC1. The Hall–Kier alpha value is -3.81. The molecule has 0 aliphatic carbocycles. The lowest BCUT2D eigenvalue weighted by Gasteiger charge is -2.36. The van der Waals surface area contributed by atoms with Crippen molar-refractivity contribution >= 4 is 39.3 Å². The van der Waals surface area contributed by atoms with E-state index in [1.165, 1.54) is 39.7 Å². The first-order valence-corrected chi connectivity index (χ1v) is 13.9. The standard InChI is InChI=1S/C25H30N6O6S/c1-38(36,37)30-12-10-29(11-13-30)20-14-21(23(32)28-19-8-6-18(7-9-19)25(34)35)31(15-20)24(33)17-4-2-16(3-5-17)22(26)27/h2-9,20-21H,10-15H2,1H3,(H3,26,27)(H,28,32)(H,34,35)/t20-,21?/m0/s1. The van der Waals surface area contributed by atoms with Crippen LogP contribution < -0.4 is 11.1 Å². The summed E-state index contributed by atoms with van der Waals surface area (Å²) in [5.74, 6) is -1.95. The average molecular weight is 543 g/mol. The number of amides is 2. The normalized spacial score (nSPS) is 20.7. The third kappa shape index (κ3) is 6.01. The van der Waals surface area contributed by atoms with Gasteiger partial charge >= 0.3 is 5.97 Å². The van der Waals surface area contributed by atoms with Gasteiger partial charge in [0.05, 0.1) is 11.8 Å². The number of hydrogen-bond donors (Lipinski definition) is 4. The molecule has 2 saturated heterocycles. The van der Waals surface area contributed by atoms with Crippen molar-refractivity contribution in [2.24, 2.45) is 5.73 Å². The number of carbonyl (C=O) groups is 3. The van der Waals surface area contributed by atoms with Crippen LogP contribution in [-0.4, -0.2) is 102 Å². The molecule has 2 heterocycles. The number of hydrogen-bond acceptors (Lipinski definition) is 7. The summed E-state index contributed by atoms with van der Waals surface area (Å²) in [6.07, 6.45) is 1.54. The van der Waals surface area contributed by atoms with Gasteiger partial charge in [0.1, 0.15) is 11.9 Å². The molecule has 2 fully saturated rings. The molecule has 1 unspecified atom stereocenters. The van der Waals surface area contributed by atoms with E-state index in [1.54, 1.807) is 24.3 Å². The number of amidine groups is 1. The largest absolute Gasteiger partial charge is 0.478 e. The molecule has 0 spiro atoms. The Morgan fingerprint density at radius 2 is 1.50 bits per heavy atom. The number of likely N-dealkylation sites (tertiary alicyclic amines) is 1. The Kier molecular flexibility index (Phi) is 7.81. The van der Waals surface area contributed by atoms with Gasteiger partial charge in [-0.1, -0.05) is 12.1 Å². The first-order chi connectivity index (χ1) is 17.9. The number of nitrogens with zero attached hydrogens (tertiary/aromatic N) is 3. The summed E-state index contributed by atoms with van der Waals surface area (Å²) in [5, 5.41) is 19.4. The van der Waals surface area contributed by atoms with Gasteiger partial charge in [-0.2, -0.15) is 4.31 Å². The van der Waals surface area contributed by atoms with Gasteiger partial charge in [-0.25, -0.2) is 13.2 Å². The predicted molar refractivity (Wildman–Crippen MR) is 141 cm³/mol. The number of piperazine rings is 1. The van der Waals surface area contributed by atoms with Crippen molar-refractivity contribution < 1.29 is 27.9 Å². The summed E-state index contributed by atoms with van der Waals surface area (Å²) >= 11 is 0. The molecule has 2 aromatic carbocycles. The molecule has 5 N–H and O–H groups in total. The third-order valence-corrected chi connectivity index (χ3v) is 8.25. The summed E-state index contributed by atoms with van der Waals surface area (Å²) in [7, 11) is -3.29. The minimum atomic E-state index is -3.29. The highest BCUT2D eigenvalue weighted by atomic mass is 32.2. The molecule has 2 aliphatic heterocycles. The van der Waals surface area contributed by atoms with Gasteiger partial charge in [0.2, 0.25) is 15.9 Å². The molecule has 0 saturated carbocycles. The summed E-state index contributed by atoms with van der Waals surface area (Å²) in [6.45, 7) is 1.92. The van der Waals surface area contributed by atoms with Gasteiger partial charge in [0, 0.05) is 55.6 Å². The monoisotopic (exact) mass is 542 g/mol. The molecule has 38 heavy (non-hydrogen) atoms. The van der Waals surface area contributed by atoms with Crippen molar-refractivity contribution in [3.8, 4) is 0 Å². The van der Waals surface area contributed by atoms with E-state index in [2.05, 4.69) is 10.2 Å². The number of sulfonamides is 1. The minimum Gasteiger partial charge on any atom is -0.478 e. The molecule has 2 amide bonds. The number of benzene rings is 2. The van der Waals surface area contributed by atoms with Gasteiger partial charge in [-0.05, 0) is 42.8 Å². The number of nitrogens with two attached hydrogens (primary N) is 1. The molecule has 0 radical (unpaired) electrons. The molecule has 0 bridgehead atoms. The minimum absolute atomic E-state index is 0.0861. The number of nitrogen functional groups attached to an aromatic ring is 1. The fraction of sp³-hybridized carbons (Fsp3) is 0.360. The Labute approximate surface area is 220 Å². The number of rotatable bonds is 7. The fourth-order valence-electron chi connectivity index (χ4n) is 4.83. The van der Waals surface area contributed by atoms with Crippen LogP contribution in [-0.2, 0) is 14.8 Å². The maximum Gasteiger partial charge on any atom is 0.335 e. The van der Waals surface area contributed by atoms with Crippen molar-refractivity contribution in [1.29, 1.82) is 5.41 Å². The zero-order chi connectivity index (χ0) is 27.6. The van der Waals surface area contributed by atoms with Crippen LogP contribution in [0.3, 0.4) is 0 Å². The summed E-state index contributed by atoms with van der Waals surface area (Å²) in [6, 6.07) is 11.1. The topological polar surface area (TPSA) is 177 Å².